The van der Waals surface area contributed by atoms with Gasteiger partial charge in [0.2, 0.25) is 11.8 Å². The van der Waals surface area contributed by atoms with E-state index in [9.17, 15) is 27.6 Å². The van der Waals surface area contributed by atoms with Crippen molar-refractivity contribution in [3.63, 3.8) is 0 Å². The summed E-state index contributed by atoms with van der Waals surface area (Å²) in [4.78, 5) is 44.6. The minimum absolute atomic E-state index is 0.161. The summed E-state index contributed by atoms with van der Waals surface area (Å²) in [6.45, 7) is 98.0. The van der Waals surface area contributed by atoms with Crippen molar-refractivity contribution in [1.29, 1.82) is 0 Å². The van der Waals surface area contributed by atoms with Gasteiger partial charge >= 0.3 is 12.3 Å². The summed E-state index contributed by atoms with van der Waals surface area (Å²) in [5.74, 6) is 24.1. The van der Waals surface area contributed by atoms with Crippen LogP contribution in [-0.4, -0.2) is 193 Å². The molecule has 146 heavy (non-hydrogen) atoms. The molecular formula is C129H259F3N10O4. The third-order valence-electron chi connectivity index (χ3n) is 35.1. The lowest BCUT2D eigenvalue weighted by Crippen LogP contribution is -2.35. The summed E-state index contributed by atoms with van der Waals surface area (Å²) in [5, 5.41) is 12.9. The number of likely N-dealkylation sites (tertiary alicyclic amines) is 5. The highest BCUT2D eigenvalue weighted by atomic mass is 19.4. The smallest absolute Gasteiger partial charge is 0.410 e. The van der Waals surface area contributed by atoms with Crippen LogP contribution in [0.15, 0.2) is 0 Å². The highest BCUT2D eigenvalue weighted by Crippen LogP contribution is 2.50. The zero-order chi connectivity index (χ0) is 111. The second kappa shape index (κ2) is 78.0. The van der Waals surface area contributed by atoms with E-state index in [2.05, 4.69) is 272 Å². The number of piperidine rings is 2. The largest absolute Gasteiger partial charge is 0.444 e. The summed E-state index contributed by atoms with van der Waals surface area (Å²) in [5.41, 5.74) is 6.22. The first-order chi connectivity index (χ1) is 68.2. The summed E-state index contributed by atoms with van der Waals surface area (Å²) in [7, 11) is 6.64. The van der Waals surface area contributed by atoms with Crippen LogP contribution in [0.2, 0.25) is 0 Å². The first-order valence-electron chi connectivity index (χ1n) is 62.7. The number of nitrogens with two attached hydrogens (primary N) is 1. The van der Waals surface area contributed by atoms with E-state index in [1.807, 2.05) is 30.6 Å². The van der Waals surface area contributed by atoms with Gasteiger partial charge in [0.15, 0.2) is 0 Å². The number of nitrogens with one attached hydrogen (secondary N) is 4. The number of hydrogen-bond acceptors (Lipinski definition) is 11. The fourth-order valence-electron chi connectivity index (χ4n) is 23.8. The third-order valence-corrected chi connectivity index (χ3v) is 35.1. The molecule has 6 N–H and O–H groups in total. The number of amides is 3. The average molecular weight is 2070 g/mol. The van der Waals surface area contributed by atoms with E-state index in [1.54, 1.807) is 6.92 Å². The predicted octanol–water partition coefficient (Wildman–Crippen LogP) is 33.2. The lowest BCUT2D eigenvalue weighted by molar-refractivity contribution is -0.184. The molecule has 9 saturated heterocycles. The number of carbonyl (C=O) groups excluding carboxylic acids is 3. The van der Waals surface area contributed by atoms with Crippen LogP contribution in [0.3, 0.4) is 0 Å². The van der Waals surface area contributed by atoms with Crippen molar-refractivity contribution in [2.24, 2.45) is 189 Å². The lowest BCUT2D eigenvalue weighted by atomic mass is 9.78. The van der Waals surface area contributed by atoms with E-state index in [-0.39, 0.29) is 29.4 Å². The number of rotatable bonds is 21. The zero-order valence-corrected chi connectivity index (χ0v) is 105. The number of nitrogens with zero attached hydrogens (tertiary/aromatic N) is 5. The molecule has 9 aliphatic heterocycles. The van der Waals surface area contributed by atoms with E-state index < -0.39 is 12.1 Å². The highest BCUT2D eigenvalue weighted by molar-refractivity contribution is 5.80. The van der Waals surface area contributed by atoms with Gasteiger partial charge in [-0.2, -0.15) is 13.2 Å². The molecule has 15 rings (SSSR count). The van der Waals surface area contributed by atoms with Crippen LogP contribution in [0.1, 0.15) is 480 Å². The second-order valence-corrected chi connectivity index (χ2v) is 56.6. The van der Waals surface area contributed by atoms with E-state index in [1.165, 1.54) is 271 Å². The Morgan fingerprint density at radius 3 is 0.890 bits per heavy atom. The van der Waals surface area contributed by atoms with Crippen molar-refractivity contribution in [2.45, 2.75) is 498 Å². The standard InChI is InChI=1S/C12H23NO2.C11H19F3.C10H21N.C10H20.C9H17NO.C9H19N.3C8H17N.2C8H16.C7H13NO.2C7H15N.C7H14/c1-9(2)10-6-7-13(8-10)11(14)15-12(3,4)5;1-8(2)7-9-3-5-10(6-4-9)11(12,13)14;1-8(2)7-9-3-5-10(11)6-4-9;1-9(2)8-10-6-4-3-5-7-10;1-7(2)9-4-5-10(6-9)8(3)11;1-8(2)9-4-6-10(3)7-5-9;2*1-7(2)8-4-5-9(3)6-8;1-7(2)8-3-5-9-6-4-8;1-7(2)6-8(3)4-5-8;1-7(2)6-8-4-3-5-8;1-5(2)6-3-4-8-7(6)9;2*1-6(2)7-3-4-8-5-7;1-6(2)5-7-3-4-7/h9-10H,6-8H2,1-5H3;8-10H,3-7H2,1-2H3;8-10H,3-7,11H2,1-2H3;9-10H,3-8H2,1-2H3;7,9H,4-6H2,1-3H3;8-9H,4-7H2,1-3H3;2*7-8H,4-6H2,1-3H3;7-9H,3-6H2,1-2H3;7H,4-6H2,1-3H3;7-8H,3-6H2,1-2H3;5-6H,3-4H2,1-2H3,(H,8,9);2*6-8H,3-5H2,1-2H3;6-7H,3-5H2,1-2H3/t10-;;;;9-;;2*8-;;;;6-;2*7-;/m1...1.10...110./s1. The van der Waals surface area contributed by atoms with Crippen LogP contribution in [-0.2, 0) is 14.3 Å². The maximum atomic E-state index is 12.3. The molecule has 3 amide bonds. The summed E-state index contributed by atoms with van der Waals surface area (Å²) in [6, 6.07) is 0.512. The van der Waals surface area contributed by atoms with E-state index in [4.69, 9.17) is 10.5 Å². The van der Waals surface area contributed by atoms with Gasteiger partial charge in [0.05, 0.1) is 5.92 Å². The molecule has 15 fully saturated rings. The quantitative estimate of drug-likeness (QED) is 0.0747. The van der Waals surface area contributed by atoms with Gasteiger partial charge in [0, 0.05) is 64.7 Å². The van der Waals surface area contributed by atoms with Crippen molar-refractivity contribution in [3.8, 4) is 0 Å². The number of carbonyl (C=O) groups is 3. The van der Waals surface area contributed by atoms with Crippen molar-refractivity contribution in [1.82, 2.24) is 45.8 Å². The maximum Gasteiger partial charge on any atom is 0.410 e. The van der Waals surface area contributed by atoms with E-state index in [0.29, 0.717) is 48.5 Å². The molecule has 0 aromatic heterocycles. The van der Waals surface area contributed by atoms with E-state index >= 15 is 0 Å². The third kappa shape index (κ3) is 71.8. The molecule has 17 heteroatoms. The normalized spacial score (nSPS) is 26.1. The summed E-state index contributed by atoms with van der Waals surface area (Å²) in [6.07, 6.45) is 44.3. The van der Waals surface area contributed by atoms with Crippen LogP contribution >= 0.6 is 0 Å². The van der Waals surface area contributed by atoms with Gasteiger partial charge in [0.1, 0.15) is 5.60 Å². The molecule has 0 aromatic rings. The Bertz CT molecular complexity index is 3030. The van der Waals surface area contributed by atoms with Crippen molar-refractivity contribution < 1.29 is 32.3 Å². The Labute approximate surface area is 909 Å². The Morgan fingerprint density at radius 2 is 0.658 bits per heavy atom. The van der Waals surface area contributed by atoms with Crippen LogP contribution < -0.4 is 27.0 Å². The van der Waals surface area contributed by atoms with Gasteiger partial charge in [-0.05, 0) is 452 Å². The molecule has 7 atom stereocenters. The van der Waals surface area contributed by atoms with Gasteiger partial charge in [-0.1, -0.05) is 279 Å². The highest BCUT2D eigenvalue weighted by Gasteiger charge is 2.42. The maximum absolute atomic E-state index is 12.3. The molecule has 870 valence electrons. The fourth-order valence-corrected chi connectivity index (χ4v) is 23.8. The van der Waals surface area contributed by atoms with Crippen LogP contribution in [0.5, 0.6) is 0 Å². The zero-order valence-electron chi connectivity index (χ0n) is 105. The van der Waals surface area contributed by atoms with Crippen LogP contribution in [0.25, 0.3) is 0 Å². The molecular weight excluding hydrogens is 1810 g/mol. The van der Waals surface area contributed by atoms with Gasteiger partial charge < -0.3 is 56.2 Å². The second-order valence-electron chi connectivity index (χ2n) is 56.6. The van der Waals surface area contributed by atoms with Gasteiger partial charge in [-0.15, -0.1) is 0 Å². The number of hydrogen-bond donors (Lipinski definition) is 5. The van der Waals surface area contributed by atoms with Gasteiger partial charge in [-0.25, -0.2) is 4.79 Å². The molecule has 9 heterocycles. The predicted molar refractivity (Wildman–Crippen MR) is 632 cm³/mol. The van der Waals surface area contributed by atoms with Crippen LogP contribution in [0.4, 0.5) is 18.0 Å². The van der Waals surface area contributed by atoms with Crippen molar-refractivity contribution >= 4 is 17.9 Å². The molecule has 0 aromatic carbocycles. The molecule has 6 saturated carbocycles. The molecule has 0 bridgehead atoms. The number of alkyl halides is 3. The minimum Gasteiger partial charge on any atom is -0.444 e. The van der Waals surface area contributed by atoms with E-state index in [0.717, 1.165) is 206 Å². The average Bonchev–Trinajstić information content (AvgIpc) is 1.68. The Kier molecular flexibility index (Phi) is 75.7. The summed E-state index contributed by atoms with van der Waals surface area (Å²) >= 11 is 0. The Hall–Kier alpha value is -2.28. The van der Waals surface area contributed by atoms with Crippen molar-refractivity contribution in [2.75, 3.05) is 132 Å². The first-order valence-corrected chi connectivity index (χ1v) is 62.7. The molecule has 14 nitrogen and oxygen atoms in total. The monoisotopic (exact) mass is 2070 g/mol. The topological polar surface area (TPSA) is 151 Å². The van der Waals surface area contributed by atoms with Crippen molar-refractivity contribution in [3.05, 3.63) is 0 Å². The molecule has 0 spiro atoms. The molecule has 6 aliphatic carbocycles. The molecule has 0 radical (unpaired) electrons. The lowest BCUT2D eigenvalue weighted by Gasteiger charge is -2.31. The Morgan fingerprint density at radius 1 is 0.349 bits per heavy atom. The Balaban J connectivity index is 0.000000785. The summed E-state index contributed by atoms with van der Waals surface area (Å²) < 4.78 is 42.3. The van der Waals surface area contributed by atoms with Gasteiger partial charge in [-0.3, -0.25) is 9.59 Å². The first kappa shape index (κ1) is 142. The SMILES string of the molecule is CC(=O)N1CC[C@@H](C(C)C)C1.CC(C)C1CCN(C)CC1.CC(C)C1CCNCC1.CC(C)CC1(C)CC1.CC(C)CC1CC1.CC(C)CC1CCC(C(F)(F)F)CC1.CC(C)CC1CCC(N)CC1.CC(C)CC1CCC1.CC(C)CC1CCCCC1.CC(C)[C@@H]1CCN(C(=O)OC(C)(C)C)C1.CC(C)[C@@H]1CCN(C)C1.CC(C)[C@@H]1CCNC1.CC(C)[C@H]1CCN(C)C1.CC(C)[C@H]1CCNC1.CC(C)[C@H]1CCNC1=O. The number of ether oxygens (including phenoxy) is 1. The van der Waals surface area contributed by atoms with Gasteiger partial charge in [0.25, 0.3) is 0 Å². The molecule has 0 unspecified atom stereocenters. The molecule has 15 aliphatic rings. The fraction of sp³-hybridized carbons (Fsp3) is 0.977. The minimum atomic E-state index is -3.96. The number of halogens is 3. The van der Waals surface area contributed by atoms with Crippen LogP contribution in [0, 0.1) is 183 Å².